The Labute approximate surface area is 109 Å². The van der Waals surface area contributed by atoms with Crippen LogP contribution in [0.2, 0.25) is 0 Å². The number of hydrogen-bond donors (Lipinski definition) is 1. The maximum atomic E-state index is 11.2. The molecule has 0 heterocycles. The lowest BCUT2D eigenvalue weighted by Crippen LogP contribution is -2.22. The van der Waals surface area contributed by atoms with Crippen LogP contribution < -0.4 is 5.32 Å². The van der Waals surface area contributed by atoms with Crippen molar-refractivity contribution in [3.05, 3.63) is 12.2 Å². The Balaban J connectivity index is -0.000000392. The largest absolute Gasteiger partial charge is 0.311 e. The van der Waals surface area contributed by atoms with Crippen LogP contribution >= 0.6 is 0 Å². The van der Waals surface area contributed by atoms with Gasteiger partial charge in [0.05, 0.1) is 0 Å². The molecule has 1 N–H and O–H groups in total. The number of nitrogens with one attached hydrogen (secondary N) is 1. The van der Waals surface area contributed by atoms with Crippen LogP contribution in [0.3, 0.4) is 0 Å². The van der Waals surface area contributed by atoms with Gasteiger partial charge < -0.3 is 5.32 Å². The van der Waals surface area contributed by atoms with Crippen LogP contribution in [0.15, 0.2) is 12.2 Å². The van der Waals surface area contributed by atoms with E-state index in [4.69, 9.17) is 0 Å². The maximum Gasteiger partial charge on any atom is 0.139 e. The van der Waals surface area contributed by atoms with Gasteiger partial charge in [0, 0.05) is 26.4 Å². The molecule has 0 saturated heterocycles. The van der Waals surface area contributed by atoms with Gasteiger partial charge in [0.2, 0.25) is 0 Å². The van der Waals surface area contributed by atoms with Gasteiger partial charge in [0.25, 0.3) is 0 Å². The fraction of sp³-hybridized carbons (Fsp3) is 0.800. The number of hydrogen-bond acceptors (Lipinski definition) is 2. The second kappa shape index (κ2) is 11.8. The Morgan fingerprint density at radius 3 is 1.88 bits per heavy atom. The first-order valence-corrected chi connectivity index (χ1v) is 6.68. The Morgan fingerprint density at radius 2 is 1.53 bits per heavy atom. The zero-order chi connectivity index (χ0) is 13.8. The molecule has 0 atom stereocenters. The molecule has 0 fully saturated rings. The molecule has 104 valence electrons. The summed E-state index contributed by atoms with van der Waals surface area (Å²) in [6.07, 6.45) is 4.52. The first-order valence-electron chi connectivity index (χ1n) is 6.68. The molecular weight excluding hydrogens is 210 g/mol. The van der Waals surface area contributed by atoms with E-state index in [0.717, 1.165) is 12.5 Å². The summed E-state index contributed by atoms with van der Waals surface area (Å²) < 4.78 is 0. The van der Waals surface area contributed by atoms with Crippen molar-refractivity contribution in [2.75, 3.05) is 6.54 Å². The van der Waals surface area contributed by atoms with Crippen LogP contribution in [0, 0.1) is 11.8 Å². The first kappa shape index (κ1) is 18.7. The van der Waals surface area contributed by atoms with E-state index in [-0.39, 0.29) is 7.34 Å². The number of allylic oxidation sites excluding steroid dienone is 1. The van der Waals surface area contributed by atoms with Crippen molar-refractivity contribution >= 4 is 5.78 Å². The summed E-state index contributed by atoms with van der Waals surface area (Å²) >= 11 is 0. The van der Waals surface area contributed by atoms with Crippen molar-refractivity contribution in [3.8, 4) is 0 Å². The lowest BCUT2D eigenvalue weighted by atomic mass is 10.1. The van der Waals surface area contributed by atoms with Crippen molar-refractivity contribution in [2.45, 2.75) is 60.9 Å². The van der Waals surface area contributed by atoms with Gasteiger partial charge in [-0.1, -0.05) is 60.6 Å². The highest BCUT2D eigenvalue weighted by molar-refractivity contribution is 5.81. The highest BCUT2D eigenvalue weighted by Gasteiger charge is 2.02. The van der Waals surface area contributed by atoms with Gasteiger partial charge in [-0.3, -0.25) is 4.79 Å². The minimum absolute atomic E-state index is 0. The van der Waals surface area contributed by atoms with E-state index >= 15 is 0 Å². The van der Waals surface area contributed by atoms with Gasteiger partial charge in [-0.15, -0.1) is 0 Å². The van der Waals surface area contributed by atoms with Crippen LogP contribution in [-0.4, -0.2) is 18.4 Å². The van der Waals surface area contributed by atoms with Gasteiger partial charge in [0.15, 0.2) is 0 Å². The van der Waals surface area contributed by atoms with E-state index in [2.05, 4.69) is 39.9 Å². The van der Waals surface area contributed by atoms with Crippen LogP contribution in [-0.2, 0) is 4.79 Å². The summed E-state index contributed by atoms with van der Waals surface area (Å²) in [6, 6.07) is 0.505. The van der Waals surface area contributed by atoms with Crippen molar-refractivity contribution in [1.29, 1.82) is 0 Å². The van der Waals surface area contributed by atoms with Crippen LogP contribution in [0.25, 0.3) is 0 Å². The Bertz CT molecular complexity index is 208. The van der Waals surface area contributed by atoms with E-state index in [1.54, 1.807) is 0 Å². The summed E-state index contributed by atoms with van der Waals surface area (Å²) in [5.74, 6) is 1.29. The van der Waals surface area contributed by atoms with Crippen molar-refractivity contribution in [2.24, 2.45) is 11.8 Å². The molecule has 0 aliphatic carbocycles. The number of carbonyl (C=O) groups is 1. The Morgan fingerprint density at radius 1 is 1.06 bits per heavy atom. The van der Waals surface area contributed by atoms with E-state index in [0.29, 0.717) is 18.2 Å². The molecule has 0 spiro atoms. The molecule has 0 amide bonds. The highest BCUT2D eigenvalue weighted by atomic mass is 16.1. The molecule has 0 aromatic rings. The van der Waals surface area contributed by atoms with Crippen LogP contribution in [0.4, 0.5) is 0 Å². The molecule has 0 aliphatic rings. The SMILES string of the molecule is CC(C)C.CC(C)NC/C=C/CC(=O)C(C)C.[HH]. The van der Waals surface area contributed by atoms with E-state index in [9.17, 15) is 4.79 Å². The Kier molecular flexibility index (Phi) is 13.0. The zero-order valence-electron chi connectivity index (χ0n) is 12.7. The molecule has 0 saturated carbocycles. The van der Waals surface area contributed by atoms with E-state index < -0.39 is 0 Å². The molecule has 0 radical (unpaired) electrons. The highest BCUT2D eigenvalue weighted by Crippen LogP contribution is 1.98. The summed E-state index contributed by atoms with van der Waals surface area (Å²) in [5.41, 5.74) is 0. The Hall–Kier alpha value is -0.630. The molecule has 2 nitrogen and oxygen atoms in total. The molecule has 0 aromatic carbocycles. The van der Waals surface area contributed by atoms with E-state index in [1.807, 2.05) is 26.0 Å². The molecule has 17 heavy (non-hydrogen) atoms. The van der Waals surface area contributed by atoms with Crippen molar-refractivity contribution < 1.29 is 6.22 Å². The average Bonchev–Trinajstić information content (AvgIpc) is 2.15. The summed E-state index contributed by atoms with van der Waals surface area (Å²) in [6.45, 7) is 15.4. The molecule has 2 heteroatoms. The zero-order valence-corrected chi connectivity index (χ0v) is 12.7. The lowest BCUT2D eigenvalue weighted by molar-refractivity contribution is -0.121. The third-order valence-electron chi connectivity index (χ3n) is 1.77. The fourth-order valence-electron chi connectivity index (χ4n) is 0.822. The average molecular weight is 243 g/mol. The predicted octanol–water partition coefficient (Wildman–Crippen LogP) is 4.06. The smallest absolute Gasteiger partial charge is 0.139 e. The summed E-state index contributed by atoms with van der Waals surface area (Å²) in [5, 5.41) is 3.25. The summed E-state index contributed by atoms with van der Waals surface area (Å²) in [4.78, 5) is 11.2. The van der Waals surface area contributed by atoms with E-state index in [1.165, 1.54) is 0 Å². The fourth-order valence-corrected chi connectivity index (χ4v) is 0.822. The van der Waals surface area contributed by atoms with Crippen LogP contribution in [0.1, 0.15) is 56.3 Å². The minimum atomic E-state index is 0. The molecule has 0 rings (SSSR count). The first-order chi connectivity index (χ1) is 7.77. The monoisotopic (exact) mass is 243 g/mol. The van der Waals surface area contributed by atoms with Crippen molar-refractivity contribution in [3.63, 3.8) is 0 Å². The quantitative estimate of drug-likeness (QED) is 0.713. The summed E-state index contributed by atoms with van der Waals surface area (Å²) in [7, 11) is 0. The molecule has 0 bridgehead atoms. The van der Waals surface area contributed by atoms with Gasteiger partial charge >= 0.3 is 0 Å². The second-order valence-electron chi connectivity index (χ2n) is 5.59. The third kappa shape index (κ3) is 21.3. The normalized spacial score (nSPS) is 11.2. The molecule has 0 aromatic heterocycles. The lowest BCUT2D eigenvalue weighted by Gasteiger charge is -2.03. The number of rotatable bonds is 6. The molecule has 0 unspecified atom stereocenters. The maximum absolute atomic E-state index is 11.2. The van der Waals surface area contributed by atoms with Crippen molar-refractivity contribution in [1.82, 2.24) is 5.32 Å². The van der Waals surface area contributed by atoms with Gasteiger partial charge in [-0.25, -0.2) is 0 Å². The van der Waals surface area contributed by atoms with Gasteiger partial charge in [-0.05, 0) is 5.92 Å². The minimum Gasteiger partial charge on any atom is -0.311 e. The molecular formula is C15H33NO. The standard InChI is InChI=1S/C11H21NO.C4H10.H2/c1-9(2)11(13)7-5-6-8-12-10(3)4;1-4(2)3;/h5-6,9-10,12H,7-8H2,1-4H3;4H,1-3H3;1H/b6-5+;;. The number of ketones is 1. The number of carbonyl (C=O) groups excluding carboxylic acids is 1. The van der Waals surface area contributed by atoms with Gasteiger partial charge in [-0.2, -0.15) is 0 Å². The predicted molar refractivity (Wildman–Crippen MR) is 79.4 cm³/mol. The van der Waals surface area contributed by atoms with Crippen LogP contribution in [0.5, 0.6) is 0 Å². The topological polar surface area (TPSA) is 29.1 Å². The third-order valence-corrected chi connectivity index (χ3v) is 1.77. The molecule has 0 aliphatic heterocycles. The number of Topliss-reactive ketones (excluding diaryl/α,β-unsaturated/α-hetero) is 1. The van der Waals surface area contributed by atoms with Gasteiger partial charge in [0.1, 0.15) is 5.78 Å². The second-order valence-corrected chi connectivity index (χ2v) is 5.59.